The Labute approximate surface area is 141 Å². The summed E-state index contributed by atoms with van der Waals surface area (Å²) in [6, 6.07) is 3.44. The van der Waals surface area contributed by atoms with Crippen molar-refractivity contribution < 1.29 is 22.8 Å². The number of alkyl halides is 3. The maximum Gasteiger partial charge on any atom is 0.417 e. The van der Waals surface area contributed by atoms with Gasteiger partial charge in [-0.05, 0) is 18.2 Å². The first-order valence-electron chi connectivity index (χ1n) is 6.86. The first-order chi connectivity index (χ1) is 10.4. The summed E-state index contributed by atoms with van der Waals surface area (Å²) in [6.07, 6.45) is -4.54. The summed E-state index contributed by atoms with van der Waals surface area (Å²) in [5.41, 5.74) is -1.38. The van der Waals surface area contributed by atoms with Crippen LogP contribution in [0.25, 0.3) is 0 Å². The van der Waals surface area contributed by atoms with Crippen LogP contribution in [0.1, 0.15) is 32.8 Å². The SMILES string of the molecule is CC(C)(C)C(=O)NCCC(=O)Nc1ccc(Br)c(C(F)(F)F)c1. The van der Waals surface area contributed by atoms with Gasteiger partial charge in [-0.2, -0.15) is 13.2 Å². The average Bonchev–Trinajstić information content (AvgIpc) is 2.38. The molecule has 2 N–H and O–H groups in total. The first-order valence-corrected chi connectivity index (χ1v) is 7.65. The minimum atomic E-state index is -4.51. The first kappa shape index (κ1) is 19.5. The van der Waals surface area contributed by atoms with Gasteiger partial charge in [-0.25, -0.2) is 0 Å². The van der Waals surface area contributed by atoms with Crippen LogP contribution in [0.2, 0.25) is 0 Å². The van der Waals surface area contributed by atoms with E-state index in [1.807, 2.05) is 0 Å². The molecular formula is C15H18BrF3N2O2. The second-order valence-corrected chi connectivity index (χ2v) is 6.85. The highest BCUT2D eigenvalue weighted by Crippen LogP contribution is 2.36. The molecule has 0 atom stereocenters. The molecule has 1 rings (SSSR count). The van der Waals surface area contributed by atoms with Crippen molar-refractivity contribution in [2.75, 3.05) is 11.9 Å². The van der Waals surface area contributed by atoms with Gasteiger partial charge in [-0.3, -0.25) is 9.59 Å². The Hall–Kier alpha value is -1.57. The fourth-order valence-corrected chi connectivity index (χ4v) is 2.07. The van der Waals surface area contributed by atoms with Gasteiger partial charge >= 0.3 is 6.18 Å². The molecule has 0 aliphatic rings. The predicted octanol–water partition coefficient (Wildman–Crippen LogP) is 3.96. The van der Waals surface area contributed by atoms with Crippen LogP contribution in [0.15, 0.2) is 22.7 Å². The van der Waals surface area contributed by atoms with E-state index in [-0.39, 0.29) is 29.0 Å². The summed E-state index contributed by atoms with van der Waals surface area (Å²) in [4.78, 5) is 23.4. The minimum absolute atomic E-state index is 0.0285. The van der Waals surface area contributed by atoms with E-state index in [1.165, 1.54) is 12.1 Å². The van der Waals surface area contributed by atoms with E-state index in [4.69, 9.17) is 0 Å². The topological polar surface area (TPSA) is 58.2 Å². The van der Waals surface area contributed by atoms with Crippen LogP contribution in [0.5, 0.6) is 0 Å². The third-order valence-electron chi connectivity index (χ3n) is 2.87. The number of amides is 2. The molecule has 0 radical (unpaired) electrons. The van der Waals surface area contributed by atoms with Gasteiger partial charge in [-0.1, -0.05) is 36.7 Å². The van der Waals surface area contributed by atoms with Gasteiger partial charge < -0.3 is 10.6 Å². The van der Waals surface area contributed by atoms with E-state index < -0.39 is 23.1 Å². The number of benzene rings is 1. The van der Waals surface area contributed by atoms with Gasteiger partial charge in [0, 0.05) is 28.5 Å². The highest BCUT2D eigenvalue weighted by Gasteiger charge is 2.33. The van der Waals surface area contributed by atoms with E-state index in [1.54, 1.807) is 20.8 Å². The number of carbonyl (C=O) groups is 2. The molecule has 1 aromatic carbocycles. The second kappa shape index (κ2) is 7.33. The summed E-state index contributed by atoms with van der Waals surface area (Å²) >= 11 is 2.83. The van der Waals surface area contributed by atoms with Crippen LogP contribution in [-0.4, -0.2) is 18.4 Å². The molecule has 0 unspecified atom stereocenters. The smallest absolute Gasteiger partial charge is 0.355 e. The Morgan fingerprint density at radius 1 is 1.17 bits per heavy atom. The van der Waals surface area contributed by atoms with Crippen molar-refractivity contribution in [3.05, 3.63) is 28.2 Å². The summed E-state index contributed by atoms with van der Waals surface area (Å²) in [7, 11) is 0. The minimum Gasteiger partial charge on any atom is -0.355 e. The van der Waals surface area contributed by atoms with Gasteiger partial charge in [0.2, 0.25) is 11.8 Å². The van der Waals surface area contributed by atoms with Gasteiger partial charge in [0.15, 0.2) is 0 Å². The van der Waals surface area contributed by atoms with E-state index in [2.05, 4.69) is 26.6 Å². The van der Waals surface area contributed by atoms with E-state index in [9.17, 15) is 22.8 Å². The monoisotopic (exact) mass is 394 g/mol. The molecule has 0 aliphatic heterocycles. The molecule has 2 amide bonds. The lowest BCUT2D eigenvalue weighted by atomic mass is 9.96. The zero-order chi connectivity index (χ0) is 17.8. The van der Waals surface area contributed by atoms with Crippen LogP contribution >= 0.6 is 15.9 Å². The molecule has 8 heteroatoms. The van der Waals surface area contributed by atoms with Crippen LogP contribution in [0.4, 0.5) is 18.9 Å². The van der Waals surface area contributed by atoms with E-state index in [0.717, 1.165) is 6.07 Å². The quantitative estimate of drug-likeness (QED) is 0.811. The number of hydrogen-bond donors (Lipinski definition) is 2. The molecule has 4 nitrogen and oxygen atoms in total. The summed E-state index contributed by atoms with van der Waals surface area (Å²) in [6.45, 7) is 5.33. The lowest BCUT2D eigenvalue weighted by Gasteiger charge is -2.17. The predicted molar refractivity (Wildman–Crippen MR) is 84.9 cm³/mol. The molecule has 23 heavy (non-hydrogen) atoms. The van der Waals surface area contributed by atoms with E-state index >= 15 is 0 Å². The van der Waals surface area contributed by atoms with Crippen molar-refractivity contribution >= 4 is 33.4 Å². The molecule has 0 bridgehead atoms. The zero-order valence-electron chi connectivity index (χ0n) is 13.0. The Morgan fingerprint density at radius 3 is 2.30 bits per heavy atom. The molecule has 128 valence electrons. The number of nitrogens with one attached hydrogen (secondary N) is 2. The average molecular weight is 395 g/mol. The lowest BCUT2D eigenvalue weighted by Crippen LogP contribution is -2.36. The second-order valence-electron chi connectivity index (χ2n) is 6.00. The maximum atomic E-state index is 12.8. The standard InChI is InChI=1S/C15H18BrF3N2O2/c1-14(2,3)13(23)20-7-6-12(22)21-9-4-5-11(16)10(8-9)15(17,18)19/h4-5,8H,6-7H2,1-3H3,(H,20,23)(H,21,22). The van der Waals surface area contributed by atoms with Crippen LogP contribution < -0.4 is 10.6 Å². The van der Waals surface area contributed by atoms with Crippen molar-refractivity contribution in [3.63, 3.8) is 0 Å². The van der Waals surface area contributed by atoms with Crippen molar-refractivity contribution in [3.8, 4) is 0 Å². The molecule has 0 aliphatic carbocycles. The van der Waals surface area contributed by atoms with Crippen molar-refractivity contribution in [1.29, 1.82) is 0 Å². The zero-order valence-corrected chi connectivity index (χ0v) is 14.6. The van der Waals surface area contributed by atoms with E-state index in [0.29, 0.717) is 0 Å². The van der Waals surface area contributed by atoms with Gasteiger partial charge in [0.05, 0.1) is 5.56 Å². The third kappa shape index (κ3) is 6.21. The number of rotatable bonds is 4. The van der Waals surface area contributed by atoms with Crippen molar-refractivity contribution in [2.24, 2.45) is 5.41 Å². The lowest BCUT2D eigenvalue weighted by molar-refractivity contribution is -0.138. The van der Waals surface area contributed by atoms with Crippen molar-refractivity contribution in [1.82, 2.24) is 5.32 Å². The van der Waals surface area contributed by atoms with Gasteiger partial charge in [0.1, 0.15) is 0 Å². The molecule has 0 heterocycles. The normalized spacial score (nSPS) is 12.0. The fraction of sp³-hybridized carbons (Fsp3) is 0.467. The molecule has 0 aromatic heterocycles. The molecule has 0 fully saturated rings. The number of halogens is 4. The van der Waals surface area contributed by atoms with Crippen LogP contribution in [-0.2, 0) is 15.8 Å². The molecule has 0 saturated carbocycles. The number of anilines is 1. The Balaban J connectivity index is 2.60. The third-order valence-corrected chi connectivity index (χ3v) is 3.57. The summed E-state index contributed by atoms with van der Waals surface area (Å²) in [5, 5.41) is 4.98. The Kier molecular flexibility index (Phi) is 6.21. The summed E-state index contributed by atoms with van der Waals surface area (Å²) < 4.78 is 38.2. The summed E-state index contributed by atoms with van der Waals surface area (Å²) in [5.74, 6) is -0.678. The molecule has 0 spiro atoms. The molecular weight excluding hydrogens is 377 g/mol. The Morgan fingerprint density at radius 2 is 1.78 bits per heavy atom. The molecule has 0 saturated heterocycles. The highest BCUT2D eigenvalue weighted by molar-refractivity contribution is 9.10. The van der Waals surface area contributed by atoms with Crippen LogP contribution in [0, 0.1) is 5.41 Å². The largest absolute Gasteiger partial charge is 0.417 e. The highest BCUT2D eigenvalue weighted by atomic mass is 79.9. The maximum absolute atomic E-state index is 12.8. The molecule has 1 aromatic rings. The van der Waals surface area contributed by atoms with Gasteiger partial charge in [0.25, 0.3) is 0 Å². The fourth-order valence-electron chi connectivity index (χ4n) is 1.60. The number of carbonyl (C=O) groups excluding carboxylic acids is 2. The van der Waals surface area contributed by atoms with Crippen molar-refractivity contribution in [2.45, 2.75) is 33.4 Å². The van der Waals surface area contributed by atoms with Gasteiger partial charge in [-0.15, -0.1) is 0 Å². The Bertz CT molecular complexity index is 595. The van der Waals surface area contributed by atoms with Crippen LogP contribution in [0.3, 0.4) is 0 Å². The number of hydrogen-bond acceptors (Lipinski definition) is 2.